The fraction of sp³-hybridized carbons (Fsp3) is 0.700. The second-order valence-electron chi connectivity index (χ2n) is 7.65. The standard InChI is InChI=1S/C20H33N3O2/c1-21(2)10-11-22-12-13-25-20-16-23(9-8-18(20)15-22)14-17-4-6-19(24-3)7-5-17/h4-7,18,20H,8-16H2,1-3H3/t18-,20-/m1/s1. The SMILES string of the molecule is COc1ccc(CN2CC[C@@H]3CN(CCN(C)C)CCO[C@@H]3C2)cc1. The van der Waals surface area contributed by atoms with Gasteiger partial charge < -0.3 is 14.4 Å². The van der Waals surface area contributed by atoms with Crippen LogP contribution in [0, 0.1) is 5.92 Å². The number of methoxy groups -OCH3 is 1. The van der Waals surface area contributed by atoms with Gasteiger partial charge >= 0.3 is 0 Å². The van der Waals surface area contributed by atoms with Crippen molar-refractivity contribution in [3.05, 3.63) is 29.8 Å². The molecule has 0 spiro atoms. The number of piperidine rings is 1. The number of likely N-dealkylation sites (N-methyl/N-ethyl adjacent to an activating group) is 1. The molecular weight excluding hydrogens is 314 g/mol. The Hall–Kier alpha value is -1.14. The molecule has 2 saturated heterocycles. The van der Waals surface area contributed by atoms with E-state index < -0.39 is 0 Å². The quantitative estimate of drug-likeness (QED) is 0.782. The molecule has 2 aliphatic rings. The predicted molar refractivity (Wildman–Crippen MR) is 101 cm³/mol. The summed E-state index contributed by atoms with van der Waals surface area (Å²) in [6.07, 6.45) is 1.62. The van der Waals surface area contributed by atoms with Crippen LogP contribution < -0.4 is 4.74 Å². The van der Waals surface area contributed by atoms with Crippen molar-refractivity contribution in [1.82, 2.24) is 14.7 Å². The van der Waals surface area contributed by atoms with Crippen molar-refractivity contribution in [2.45, 2.75) is 19.1 Å². The summed E-state index contributed by atoms with van der Waals surface area (Å²) in [4.78, 5) is 7.39. The first-order chi connectivity index (χ1) is 12.1. The fourth-order valence-corrected chi connectivity index (χ4v) is 3.86. The molecule has 0 aliphatic carbocycles. The zero-order valence-electron chi connectivity index (χ0n) is 16.0. The lowest BCUT2D eigenvalue weighted by Gasteiger charge is -2.38. The van der Waals surface area contributed by atoms with Gasteiger partial charge in [-0.3, -0.25) is 9.80 Å². The molecule has 0 N–H and O–H groups in total. The lowest BCUT2D eigenvalue weighted by Crippen LogP contribution is -2.46. The largest absolute Gasteiger partial charge is 0.497 e. The van der Waals surface area contributed by atoms with Crippen LogP contribution in [0.1, 0.15) is 12.0 Å². The molecule has 1 aromatic rings. The van der Waals surface area contributed by atoms with Crippen molar-refractivity contribution in [2.24, 2.45) is 5.92 Å². The van der Waals surface area contributed by atoms with Crippen molar-refractivity contribution < 1.29 is 9.47 Å². The van der Waals surface area contributed by atoms with Gasteiger partial charge in [-0.15, -0.1) is 0 Å². The van der Waals surface area contributed by atoms with Gasteiger partial charge in [0, 0.05) is 45.2 Å². The van der Waals surface area contributed by atoms with Gasteiger partial charge in [0.1, 0.15) is 5.75 Å². The van der Waals surface area contributed by atoms with E-state index in [0.717, 1.165) is 51.6 Å². The summed E-state index contributed by atoms with van der Waals surface area (Å²) in [5.74, 6) is 1.60. The minimum absolute atomic E-state index is 0.386. The van der Waals surface area contributed by atoms with E-state index in [1.807, 2.05) is 12.1 Å². The summed E-state index contributed by atoms with van der Waals surface area (Å²) in [6.45, 7) is 8.62. The maximum atomic E-state index is 6.23. The Balaban J connectivity index is 1.51. The Morgan fingerprint density at radius 3 is 2.64 bits per heavy atom. The molecule has 0 saturated carbocycles. The van der Waals surface area contributed by atoms with E-state index >= 15 is 0 Å². The Morgan fingerprint density at radius 1 is 1.12 bits per heavy atom. The summed E-state index contributed by atoms with van der Waals surface area (Å²) in [5.41, 5.74) is 1.35. The average Bonchev–Trinajstić information content (AvgIpc) is 2.82. The zero-order valence-corrected chi connectivity index (χ0v) is 16.0. The highest BCUT2D eigenvalue weighted by Crippen LogP contribution is 2.25. The van der Waals surface area contributed by atoms with E-state index in [1.165, 1.54) is 18.5 Å². The number of fused-ring (bicyclic) bond motifs is 1. The second kappa shape index (κ2) is 8.99. The van der Waals surface area contributed by atoms with E-state index in [0.29, 0.717) is 12.0 Å². The van der Waals surface area contributed by atoms with Gasteiger partial charge in [-0.1, -0.05) is 12.1 Å². The topological polar surface area (TPSA) is 28.2 Å². The summed E-state index contributed by atoms with van der Waals surface area (Å²) in [7, 11) is 6.01. The highest BCUT2D eigenvalue weighted by Gasteiger charge is 2.33. The van der Waals surface area contributed by atoms with E-state index in [-0.39, 0.29) is 0 Å². The van der Waals surface area contributed by atoms with E-state index in [4.69, 9.17) is 9.47 Å². The summed E-state index contributed by atoms with van der Waals surface area (Å²) < 4.78 is 11.5. The van der Waals surface area contributed by atoms with Crippen molar-refractivity contribution in [3.8, 4) is 5.75 Å². The predicted octanol–water partition coefficient (Wildman–Crippen LogP) is 1.78. The van der Waals surface area contributed by atoms with E-state index in [1.54, 1.807) is 7.11 Å². The maximum absolute atomic E-state index is 6.23. The van der Waals surface area contributed by atoms with Crippen LogP contribution in [0.3, 0.4) is 0 Å². The van der Waals surface area contributed by atoms with Gasteiger partial charge in [0.15, 0.2) is 0 Å². The van der Waals surface area contributed by atoms with E-state index in [9.17, 15) is 0 Å². The number of nitrogens with zero attached hydrogens (tertiary/aromatic N) is 3. The van der Waals surface area contributed by atoms with Crippen LogP contribution >= 0.6 is 0 Å². The van der Waals surface area contributed by atoms with Gasteiger partial charge in [-0.2, -0.15) is 0 Å². The number of hydrogen-bond acceptors (Lipinski definition) is 5. The number of rotatable bonds is 6. The molecule has 5 nitrogen and oxygen atoms in total. The first kappa shape index (κ1) is 18.6. The van der Waals surface area contributed by atoms with Crippen LogP contribution in [0.2, 0.25) is 0 Å². The molecule has 2 aliphatic heterocycles. The molecular formula is C20H33N3O2. The van der Waals surface area contributed by atoms with Crippen LogP contribution in [0.25, 0.3) is 0 Å². The monoisotopic (exact) mass is 347 g/mol. The van der Waals surface area contributed by atoms with Crippen molar-refractivity contribution in [2.75, 3.05) is 67.1 Å². The Bertz CT molecular complexity index is 520. The molecule has 2 atom stereocenters. The summed E-state index contributed by atoms with van der Waals surface area (Å²) in [5, 5.41) is 0. The molecule has 0 radical (unpaired) electrons. The zero-order chi connectivity index (χ0) is 17.6. The smallest absolute Gasteiger partial charge is 0.118 e. The Kier molecular flexibility index (Phi) is 6.70. The first-order valence-corrected chi connectivity index (χ1v) is 9.48. The first-order valence-electron chi connectivity index (χ1n) is 9.48. The normalized spacial score (nSPS) is 25.6. The van der Waals surface area contributed by atoms with Crippen LogP contribution in [-0.2, 0) is 11.3 Å². The lowest BCUT2D eigenvalue weighted by molar-refractivity contribution is -0.0241. The molecule has 25 heavy (non-hydrogen) atoms. The third-order valence-electron chi connectivity index (χ3n) is 5.44. The molecule has 0 amide bonds. The number of benzene rings is 1. The molecule has 1 aromatic carbocycles. The van der Waals surface area contributed by atoms with E-state index in [2.05, 4.69) is 40.9 Å². The molecule has 3 rings (SSSR count). The molecule has 2 heterocycles. The van der Waals surface area contributed by atoms with Gasteiger partial charge in [0.2, 0.25) is 0 Å². The molecule has 0 aromatic heterocycles. The third-order valence-corrected chi connectivity index (χ3v) is 5.44. The maximum Gasteiger partial charge on any atom is 0.118 e. The van der Waals surface area contributed by atoms with Crippen molar-refractivity contribution in [1.29, 1.82) is 0 Å². The van der Waals surface area contributed by atoms with Crippen molar-refractivity contribution >= 4 is 0 Å². The summed E-state index contributed by atoms with van der Waals surface area (Å²) in [6, 6.07) is 8.43. The highest BCUT2D eigenvalue weighted by atomic mass is 16.5. The molecule has 2 fully saturated rings. The minimum Gasteiger partial charge on any atom is -0.497 e. The van der Waals surface area contributed by atoms with Gasteiger partial charge in [0.25, 0.3) is 0 Å². The molecule has 5 heteroatoms. The van der Waals surface area contributed by atoms with Crippen LogP contribution in [0.5, 0.6) is 5.75 Å². The van der Waals surface area contributed by atoms with Crippen molar-refractivity contribution in [3.63, 3.8) is 0 Å². The summed E-state index contributed by atoms with van der Waals surface area (Å²) >= 11 is 0. The Morgan fingerprint density at radius 2 is 1.92 bits per heavy atom. The number of ether oxygens (including phenoxy) is 2. The van der Waals surface area contributed by atoms with Gasteiger partial charge in [0.05, 0.1) is 19.8 Å². The molecule has 0 bridgehead atoms. The second-order valence-corrected chi connectivity index (χ2v) is 7.65. The van der Waals surface area contributed by atoms with Crippen LogP contribution in [-0.4, -0.2) is 87.9 Å². The third kappa shape index (κ3) is 5.42. The van der Waals surface area contributed by atoms with Gasteiger partial charge in [-0.25, -0.2) is 0 Å². The number of hydrogen-bond donors (Lipinski definition) is 0. The highest BCUT2D eigenvalue weighted by molar-refractivity contribution is 5.27. The molecule has 140 valence electrons. The van der Waals surface area contributed by atoms with Crippen LogP contribution in [0.4, 0.5) is 0 Å². The lowest BCUT2D eigenvalue weighted by atomic mass is 9.93. The number of likely N-dealkylation sites (tertiary alicyclic amines) is 1. The Labute approximate surface area is 152 Å². The van der Waals surface area contributed by atoms with Gasteiger partial charge in [-0.05, 0) is 44.8 Å². The van der Waals surface area contributed by atoms with Crippen LogP contribution in [0.15, 0.2) is 24.3 Å². The minimum atomic E-state index is 0.386. The molecule has 0 unspecified atom stereocenters. The fourth-order valence-electron chi connectivity index (χ4n) is 3.86. The average molecular weight is 348 g/mol.